The van der Waals surface area contributed by atoms with Gasteiger partial charge in [-0.1, -0.05) is 11.8 Å². The first-order chi connectivity index (χ1) is 21.4. The molecule has 3 fully saturated rings. The highest BCUT2D eigenvalue weighted by Gasteiger charge is 2.59. The van der Waals surface area contributed by atoms with Crippen molar-refractivity contribution in [3.63, 3.8) is 0 Å². The molecule has 234 valence electrons. The second-order valence-corrected chi connectivity index (χ2v) is 14.3. The summed E-state index contributed by atoms with van der Waals surface area (Å²) < 4.78 is 54.3. The molecule has 0 bridgehead atoms. The Morgan fingerprint density at radius 1 is 1.02 bits per heavy atom. The largest absolute Gasteiger partial charge is 0.390 e. The summed E-state index contributed by atoms with van der Waals surface area (Å²) in [6.07, 6.45) is 12.9. The molecule has 0 amide bonds. The predicted molar refractivity (Wildman–Crippen MR) is 161 cm³/mol. The number of hydrogen-bond acceptors (Lipinski definition) is 10. The second-order valence-electron chi connectivity index (χ2n) is 12.2. The second kappa shape index (κ2) is 10.9. The molecule has 12 nitrogen and oxygen atoms in total. The molecular weight excluding hydrogens is 604 g/mol. The van der Waals surface area contributed by atoms with E-state index in [-0.39, 0.29) is 12.5 Å². The highest BCUT2D eigenvalue weighted by atomic mass is 32.2. The maximum atomic E-state index is 13.5. The molecule has 3 aliphatic rings. The molecule has 3 saturated carbocycles. The van der Waals surface area contributed by atoms with Gasteiger partial charge in [0.15, 0.2) is 5.82 Å². The molecule has 7 rings (SSSR count). The third-order valence-corrected chi connectivity index (χ3v) is 10.4. The molecule has 4 heterocycles. The summed E-state index contributed by atoms with van der Waals surface area (Å²) in [5.74, 6) is 4.60. The predicted octanol–water partition coefficient (Wildman–Crippen LogP) is 4.10. The minimum Gasteiger partial charge on any atom is -0.390 e. The molecule has 0 radical (unpaired) electrons. The molecule has 4 aromatic heterocycles. The van der Waals surface area contributed by atoms with E-state index >= 15 is 0 Å². The summed E-state index contributed by atoms with van der Waals surface area (Å²) >= 11 is 0. The number of aromatic nitrogens is 7. The summed E-state index contributed by atoms with van der Waals surface area (Å²) in [6, 6.07) is 2.67. The van der Waals surface area contributed by atoms with Crippen molar-refractivity contribution in [3.05, 3.63) is 60.4 Å². The summed E-state index contributed by atoms with van der Waals surface area (Å²) in [7, 11) is -3.51. The van der Waals surface area contributed by atoms with Crippen LogP contribution in [0.25, 0.3) is 11.4 Å². The number of nitrogens with one attached hydrogen (secondary N) is 2. The summed E-state index contributed by atoms with van der Waals surface area (Å²) in [5.41, 5.74) is 1.61. The first kappa shape index (κ1) is 29.3. The van der Waals surface area contributed by atoms with E-state index in [1.807, 2.05) is 13.0 Å². The van der Waals surface area contributed by atoms with E-state index in [2.05, 4.69) is 47.6 Å². The zero-order valence-corrected chi connectivity index (χ0v) is 25.2. The minimum absolute atomic E-state index is 0.106. The molecule has 1 atom stereocenters. The van der Waals surface area contributed by atoms with Crippen molar-refractivity contribution in [1.82, 2.24) is 33.9 Å². The topological polar surface area (TPSA) is 153 Å². The minimum atomic E-state index is -3.51. The molecule has 4 aromatic rings. The van der Waals surface area contributed by atoms with Crippen molar-refractivity contribution >= 4 is 27.3 Å². The van der Waals surface area contributed by atoms with Gasteiger partial charge in [0.1, 0.15) is 17.7 Å². The zero-order chi connectivity index (χ0) is 31.4. The van der Waals surface area contributed by atoms with Crippen LogP contribution >= 0.6 is 0 Å². The fourth-order valence-corrected chi connectivity index (χ4v) is 6.80. The van der Waals surface area contributed by atoms with Crippen LogP contribution in [0.2, 0.25) is 0 Å². The molecule has 3 N–H and O–H groups in total. The monoisotopic (exact) mass is 635 g/mol. The number of rotatable bonds is 8. The number of halogens is 2. The number of nitrogens with zero attached hydrogens (tertiary/aromatic N) is 7. The maximum Gasteiger partial charge on any atom is 0.272 e. The van der Waals surface area contributed by atoms with Gasteiger partial charge in [0.25, 0.3) is 15.9 Å². The zero-order valence-electron chi connectivity index (χ0n) is 24.4. The van der Waals surface area contributed by atoms with Crippen molar-refractivity contribution in [3.8, 4) is 23.2 Å². The number of anilines is 3. The van der Waals surface area contributed by atoms with E-state index in [0.717, 1.165) is 16.9 Å². The van der Waals surface area contributed by atoms with Gasteiger partial charge < -0.3 is 15.7 Å². The maximum absolute atomic E-state index is 13.5. The van der Waals surface area contributed by atoms with Gasteiger partial charge in [-0.05, 0) is 51.5 Å². The standard InChI is InChI=1S/C30H31F2N9O3S/c1-29(42)9-6-22(7-10-29)37-24-12-27(34-15-20(24)3-2-19-14-35-40(17-19)25-13-30(25,31)32)38-26-8-11-33-28(39-26)21-16-36-41(18-21)45(43,44)23-4-5-23/h8,11-12,14-18,22-23,25,42H,4-7,9-10,13H2,1H3,(H2,33,34,37,38,39)/t22?,25-,29?/m0/s1. The van der Waals surface area contributed by atoms with Gasteiger partial charge in [-0.25, -0.2) is 32.2 Å². The van der Waals surface area contributed by atoms with E-state index < -0.39 is 32.8 Å². The van der Waals surface area contributed by atoms with Crippen LogP contribution in [-0.4, -0.2) is 70.3 Å². The van der Waals surface area contributed by atoms with Crippen molar-refractivity contribution in [2.45, 2.75) is 80.7 Å². The van der Waals surface area contributed by atoms with Crippen LogP contribution in [0.3, 0.4) is 0 Å². The third kappa shape index (κ3) is 6.38. The van der Waals surface area contributed by atoms with E-state index in [1.54, 1.807) is 18.5 Å². The summed E-state index contributed by atoms with van der Waals surface area (Å²) in [6.45, 7) is 1.85. The average molecular weight is 636 g/mol. The fourth-order valence-electron chi connectivity index (χ4n) is 5.32. The lowest BCUT2D eigenvalue weighted by Crippen LogP contribution is -2.35. The van der Waals surface area contributed by atoms with Crippen LogP contribution in [0.5, 0.6) is 0 Å². The highest BCUT2D eigenvalue weighted by Crippen LogP contribution is 2.52. The Bertz CT molecular complexity index is 1920. The average Bonchev–Trinajstić information content (AvgIpc) is 3.83. The van der Waals surface area contributed by atoms with Crippen LogP contribution < -0.4 is 10.6 Å². The Balaban J connectivity index is 1.12. The summed E-state index contributed by atoms with van der Waals surface area (Å²) in [5, 5.41) is 24.8. The number of alkyl halides is 2. The number of pyridine rings is 1. The van der Waals surface area contributed by atoms with Crippen LogP contribution in [0.1, 0.15) is 69.0 Å². The van der Waals surface area contributed by atoms with E-state index in [1.165, 1.54) is 29.5 Å². The van der Waals surface area contributed by atoms with Gasteiger partial charge in [-0.3, -0.25) is 4.68 Å². The van der Waals surface area contributed by atoms with Gasteiger partial charge in [-0.2, -0.15) is 14.3 Å². The SMILES string of the molecule is CC1(O)CCC(Nc2cc(Nc3ccnc(-c4cnn(S(=O)(=O)C5CC5)c4)n3)ncc2C#Cc2cnn([C@H]3CC3(F)F)c2)CC1. The van der Waals surface area contributed by atoms with Gasteiger partial charge in [0.2, 0.25) is 0 Å². The molecule has 0 spiro atoms. The lowest BCUT2D eigenvalue weighted by molar-refractivity contribution is 0.0196. The smallest absolute Gasteiger partial charge is 0.272 e. The molecule has 0 aromatic carbocycles. The first-order valence-corrected chi connectivity index (χ1v) is 16.3. The normalized spacial score (nSPS) is 24.0. The Hall–Kier alpha value is -4.42. The third-order valence-electron chi connectivity index (χ3n) is 8.32. The van der Waals surface area contributed by atoms with Crippen LogP contribution in [-0.2, 0) is 10.0 Å². The van der Waals surface area contributed by atoms with Crippen molar-refractivity contribution in [2.24, 2.45) is 0 Å². The van der Waals surface area contributed by atoms with Crippen molar-refractivity contribution < 1.29 is 22.3 Å². The van der Waals surface area contributed by atoms with Gasteiger partial charge in [0, 0.05) is 37.1 Å². The van der Waals surface area contributed by atoms with Crippen molar-refractivity contribution in [1.29, 1.82) is 0 Å². The van der Waals surface area contributed by atoms with E-state index in [0.29, 0.717) is 65.5 Å². The quantitative estimate of drug-likeness (QED) is 0.241. The van der Waals surface area contributed by atoms with E-state index in [4.69, 9.17) is 0 Å². The van der Waals surface area contributed by atoms with Crippen LogP contribution in [0, 0.1) is 11.8 Å². The Morgan fingerprint density at radius 2 is 1.80 bits per heavy atom. The fraction of sp³-hybridized carbons (Fsp3) is 0.433. The molecule has 45 heavy (non-hydrogen) atoms. The molecule has 15 heteroatoms. The Morgan fingerprint density at radius 3 is 2.53 bits per heavy atom. The van der Waals surface area contributed by atoms with Crippen LogP contribution in [0.4, 0.5) is 26.1 Å². The van der Waals surface area contributed by atoms with Gasteiger partial charge in [0.05, 0.1) is 51.8 Å². The Labute approximate surface area is 258 Å². The number of hydrogen-bond donors (Lipinski definition) is 3. The molecule has 0 saturated heterocycles. The molecule has 3 aliphatic carbocycles. The molecule has 0 aliphatic heterocycles. The van der Waals surface area contributed by atoms with Gasteiger partial charge >= 0.3 is 0 Å². The highest BCUT2D eigenvalue weighted by molar-refractivity contribution is 7.90. The lowest BCUT2D eigenvalue weighted by atomic mass is 9.83. The number of aliphatic hydroxyl groups is 1. The van der Waals surface area contributed by atoms with E-state index in [9.17, 15) is 22.3 Å². The van der Waals surface area contributed by atoms with Crippen LogP contribution in [0.15, 0.2) is 49.3 Å². The molecular formula is C30H31F2N9O3S. The molecule has 0 unspecified atom stereocenters. The summed E-state index contributed by atoms with van der Waals surface area (Å²) in [4.78, 5) is 13.3. The first-order valence-electron chi connectivity index (χ1n) is 14.8. The van der Waals surface area contributed by atoms with Crippen molar-refractivity contribution in [2.75, 3.05) is 10.6 Å². The lowest BCUT2D eigenvalue weighted by Gasteiger charge is -2.34. The Kier molecular flexibility index (Phi) is 7.08. The van der Waals surface area contributed by atoms with Gasteiger partial charge in [-0.15, -0.1) is 0 Å².